The van der Waals surface area contributed by atoms with Crippen LogP contribution < -0.4 is 0 Å². The van der Waals surface area contributed by atoms with Gasteiger partial charge in [0, 0.05) is 26.1 Å². The minimum Gasteiger partial charge on any atom is -0.342 e. The molecule has 0 aliphatic carbocycles. The number of rotatable bonds is 3. The Bertz CT molecular complexity index is 354. The van der Waals surface area contributed by atoms with Crippen LogP contribution >= 0.6 is 0 Å². The molecule has 0 saturated carbocycles. The van der Waals surface area contributed by atoms with Crippen molar-refractivity contribution in [2.75, 3.05) is 14.1 Å². The topological polar surface area (TPSA) is 51.0 Å². The third-order valence-corrected chi connectivity index (χ3v) is 2.26. The molecule has 0 aliphatic rings. The average Bonchev–Trinajstić information content (AvgIpc) is 2.60. The van der Waals surface area contributed by atoms with Crippen LogP contribution in [0.2, 0.25) is 0 Å². The van der Waals surface area contributed by atoms with E-state index in [2.05, 4.69) is 10.1 Å². The largest absolute Gasteiger partial charge is 0.342 e. The number of carbonyl (C=O) groups is 1. The van der Waals surface area contributed by atoms with Gasteiger partial charge < -0.3 is 4.90 Å². The second-order valence-electron chi connectivity index (χ2n) is 4.69. The molecule has 5 heteroatoms. The summed E-state index contributed by atoms with van der Waals surface area (Å²) in [4.78, 5) is 17.5. The zero-order valence-corrected chi connectivity index (χ0v) is 10.9. The first-order valence-corrected chi connectivity index (χ1v) is 5.52. The standard InChI is InChI=1S/C11H20N4O/c1-7(2)10-12-9(11(16)14(5)6)13-15(10)8(3)4/h7-8H,1-6H3. The zero-order chi connectivity index (χ0) is 12.5. The average molecular weight is 224 g/mol. The zero-order valence-electron chi connectivity index (χ0n) is 10.9. The van der Waals surface area contributed by atoms with Crippen LogP contribution in [0.5, 0.6) is 0 Å². The van der Waals surface area contributed by atoms with E-state index < -0.39 is 0 Å². The van der Waals surface area contributed by atoms with E-state index in [1.807, 2.05) is 32.4 Å². The summed E-state index contributed by atoms with van der Waals surface area (Å²) in [6.07, 6.45) is 0. The first-order chi connectivity index (χ1) is 7.34. The molecular formula is C11H20N4O. The van der Waals surface area contributed by atoms with Crippen molar-refractivity contribution in [2.45, 2.75) is 39.7 Å². The van der Waals surface area contributed by atoms with Crippen LogP contribution in [0.4, 0.5) is 0 Å². The Hall–Kier alpha value is -1.39. The monoisotopic (exact) mass is 224 g/mol. The Balaban J connectivity index is 3.16. The molecule has 0 atom stereocenters. The lowest BCUT2D eigenvalue weighted by atomic mass is 10.2. The number of nitrogens with zero attached hydrogens (tertiary/aromatic N) is 4. The maximum atomic E-state index is 11.7. The molecule has 0 aromatic carbocycles. The van der Waals surface area contributed by atoms with Gasteiger partial charge >= 0.3 is 0 Å². The molecule has 0 radical (unpaired) electrons. The third kappa shape index (κ3) is 2.40. The predicted octanol–water partition coefficient (Wildman–Crippen LogP) is 1.68. The Kier molecular flexibility index (Phi) is 3.67. The molecule has 0 saturated heterocycles. The summed E-state index contributed by atoms with van der Waals surface area (Å²) >= 11 is 0. The van der Waals surface area contributed by atoms with Crippen LogP contribution in [0.15, 0.2) is 0 Å². The van der Waals surface area contributed by atoms with E-state index >= 15 is 0 Å². The lowest BCUT2D eigenvalue weighted by Gasteiger charge is -2.10. The van der Waals surface area contributed by atoms with Crippen LogP contribution in [0.25, 0.3) is 0 Å². The van der Waals surface area contributed by atoms with Gasteiger partial charge in [0.25, 0.3) is 5.91 Å². The van der Waals surface area contributed by atoms with Crippen molar-refractivity contribution >= 4 is 5.91 Å². The summed E-state index contributed by atoms with van der Waals surface area (Å²) in [5.41, 5.74) is 0. The second kappa shape index (κ2) is 4.63. The number of amides is 1. The molecule has 90 valence electrons. The molecule has 1 rings (SSSR count). The van der Waals surface area contributed by atoms with E-state index in [-0.39, 0.29) is 23.7 Å². The van der Waals surface area contributed by atoms with E-state index in [1.54, 1.807) is 14.1 Å². The molecule has 0 unspecified atom stereocenters. The molecule has 16 heavy (non-hydrogen) atoms. The normalized spacial score (nSPS) is 11.2. The van der Waals surface area contributed by atoms with Crippen molar-refractivity contribution in [3.63, 3.8) is 0 Å². The Morgan fingerprint density at radius 1 is 1.25 bits per heavy atom. The van der Waals surface area contributed by atoms with Gasteiger partial charge in [-0.15, -0.1) is 5.10 Å². The van der Waals surface area contributed by atoms with E-state index in [9.17, 15) is 4.79 Å². The van der Waals surface area contributed by atoms with Gasteiger partial charge in [0.1, 0.15) is 5.82 Å². The van der Waals surface area contributed by atoms with Crippen molar-refractivity contribution in [1.82, 2.24) is 19.7 Å². The fourth-order valence-electron chi connectivity index (χ4n) is 1.40. The van der Waals surface area contributed by atoms with Gasteiger partial charge in [-0.05, 0) is 13.8 Å². The van der Waals surface area contributed by atoms with Gasteiger partial charge in [0.2, 0.25) is 5.82 Å². The lowest BCUT2D eigenvalue weighted by Crippen LogP contribution is -2.23. The van der Waals surface area contributed by atoms with Crippen molar-refractivity contribution < 1.29 is 4.79 Å². The minimum atomic E-state index is -0.152. The van der Waals surface area contributed by atoms with Crippen LogP contribution in [0, 0.1) is 0 Å². The first kappa shape index (κ1) is 12.7. The molecule has 0 N–H and O–H groups in total. The molecule has 1 heterocycles. The van der Waals surface area contributed by atoms with Crippen LogP contribution in [-0.2, 0) is 0 Å². The Labute approximate surface area is 96.5 Å². The fourth-order valence-corrected chi connectivity index (χ4v) is 1.40. The number of hydrogen-bond donors (Lipinski definition) is 0. The lowest BCUT2D eigenvalue weighted by molar-refractivity contribution is 0.0815. The summed E-state index contributed by atoms with van der Waals surface area (Å²) in [6.45, 7) is 8.16. The van der Waals surface area contributed by atoms with Crippen molar-refractivity contribution in [2.24, 2.45) is 0 Å². The van der Waals surface area contributed by atoms with Gasteiger partial charge in [-0.25, -0.2) is 9.67 Å². The number of aromatic nitrogens is 3. The van der Waals surface area contributed by atoms with Crippen molar-refractivity contribution in [3.05, 3.63) is 11.6 Å². The minimum absolute atomic E-state index is 0.152. The Morgan fingerprint density at radius 3 is 2.12 bits per heavy atom. The van der Waals surface area contributed by atoms with Gasteiger partial charge in [-0.1, -0.05) is 13.8 Å². The SMILES string of the molecule is CC(C)c1nc(C(=O)N(C)C)nn1C(C)C. The quantitative estimate of drug-likeness (QED) is 0.785. The third-order valence-electron chi connectivity index (χ3n) is 2.26. The van der Waals surface area contributed by atoms with Gasteiger partial charge in [0.15, 0.2) is 0 Å². The number of carbonyl (C=O) groups excluding carboxylic acids is 1. The molecule has 0 aliphatic heterocycles. The highest BCUT2D eigenvalue weighted by Gasteiger charge is 2.20. The summed E-state index contributed by atoms with van der Waals surface area (Å²) in [7, 11) is 3.40. The highest BCUT2D eigenvalue weighted by Crippen LogP contribution is 2.16. The smallest absolute Gasteiger partial charge is 0.293 e. The highest BCUT2D eigenvalue weighted by atomic mass is 16.2. The van der Waals surface area contributed by atoms with E-state index in [1.165, 1.54) is 4.90 Å². The van der Waals surface area contributed by atoms with Crippen LogP contribution in [0.3, 0.4) is 0 Å². The summed E-state index contributed by atoms with van der Waals surface area (Å²) in [5, 5.41) is 4.27. The molecule has 1 aromatic heterocycles. The Morgan fingerprint density at radius 2 is 1.81 bits per heavy atom. The van der Waals surface area contributed by atoms with Gasteiger partial charge in [-0.2, -0.15) is 0 Å². The number of hydrogen-bond acceptors (Lipinski definition) is 3. The van der Waals surface area contributed by atoms with Gasteiger partial charge in [-0.3, -0.25) is 4.79 Å². The van der Waals surface area contributed by atoms with E-state index in [0.29, 0.717) is 0 Å². The maximum Gasteiger partial charge on any atom is 0.293 e. The predicted molar refractivity (Wildman–Crippen MR) is 62.5 cm³/mol. The van der Waals surface area contributed by atoms with Crippen LogP contribution in [-0.4, -0.2) is 39.7 Å². The first-order valence-electron chi connectivity index (χ1n) is 5.52. The van der Waals surface area contributed by atoms with Crippen LogP contribution in [0.1, 0.15) is 56.1 Å². The molecule has 0 spiro atoms. The fraction of sp³-hybridized carbons (Fsp3) is 0.727. The maximum absolute atomic E-state index is 11.7. The van der Waals surface area contributed by atoms with Crippen molar-refractivity contribution in [1.29, 1.82) is 0 Å². The molecule has 0 fully saturated rings. The molecular weight excluding hydrogens is 204 g/mol. The molecule has 5 nitrogen and oxygen atoms in total. The van der Waals surface area contributed by atoms with Crippen molar-refractivity contribution in [3.8, 4) is 0 Å². The second-order valence-corrected chi connectivity index (χ2v) is 4.69. The summed E-state index contributed by atoms with van der Waals surface area (Å²) < 4.78 is 1.82. The van der Waals surface area contributed by atoms with E-state index in [0.717, 1.165) is 5.82 Å². The van der Waals surface area contributed by atoms with E-state index in [4.69, 9.17) is 0 Å². The summed E-state index contributed by atoms with van der Waals surface area (Å²) in [6, 6.07) is 0.216. The highest BCUT2D eigenvalue weighted by molar-refractivity contribution is 5.89. The summed E-state index contributed by atoms with van der Waals surface area (Å²) in [5.74, 6) is 1.25. The molecule has 1 amide bonds. The van der Waals surface area contributed by atoms with Gasteiger partial charge in [0.05, 0.1) is 0 Å². The molecule has 0 bridgehead atoms. The molecule has 1 aromatic rings.